The first-order chi connectivity index (χ1) is 9.27. The summed E-state index contributed by atoms with van der Waals surface area (Å²) < 4.78 is 0. The van der Waals surface area contributed by atoms with Crippen molar-refractivity contribution in [3.63, 3.8) is 0 Å². The lowest BCUT2D eigenvalue weighted by atomic mass is 10.1. The standard InChI is InChI=1S/C16H15NOS/c1-17-15(18)14(12-8-4-2-5-9-12)19-16(17)13-10-6-3-7-11-13/h2-11,14,16H,1H3/t14-,16-/m1/s1. The maximum atomic E-state index is 12.4. The van der Waals surface area contributed by atoms with Crippen LogP contribution >= 0.6 is 11.8 Å². The maximum Gasteiger partial charge on any atom is 0.241 e. The number of benzene rings is 2. The van der Waals surface area contributed by atoms with Crippen molar-refractivity contribution in [1.29, 1.82) is 0 Å². The van der Waals surface area contributed by atoms with Crippen molar-refractivity contribution in [3.8, 4) is 0 Å². The molecule has 3 rings (SSSR count). The fourth-order valence-electron chi connectivity index (χ4n) is 2.35. The normalized spacial score (nSPS) is 22.8. The molecule has 1 heterocycles. The lowest BCUT2D eigenvalue weighted by Gasteiger charge is -2.18. The van der Waals surface area contributed by atoms with Crippen LogP contribution in [0.15, 0.2) is 60.7 Å². The SMILES string of the molecule is CN1C(=O)[C@@H](c2ccccc2)S[C@@H]1c1ccccc1. The molecule has 0 N–H and O–H groups in total. The third kappa shape index (κ3) is 2.26. The summed E-state index contributed by atoms with van der Waals surface area (Å²) in [6, 6.07) is 20.2. The van der Waals surface area contributed by atoms with Gasteiger partial charge in [-0.15, -0.1) is 11.8 Å². The van der Waals surface area contributed by atoms with Gasteiger partial charge in [0.05, 0.1) is 0 Å². The smallest absolute Gasteiger partial charge is 0.241 e. The zero-order valence-electron chi connectivity index (χ0n) is 10.7. The summed E-state index contributed by atoms with van der Waals surface area (Å²) in [4.78, 5) is 14.2. The van der Waals surface area contributed by atoms with E-state index < -0.39 is 0 Å². The van der Waals surface area contributed by atoms with Gasteiger partial charge in [0.1, 0.15) is 10.6 Å². The zero-order valence-corrected chi connectivity index (χ0v) is 11.5. The van der Waals surface area contributed by atoms with E-state index in [4.69, 9.17) is 0 Å². The number of hydrogen-bond donors (Lipinski definition) is 0. The van der Waals surface area contributed by atoms with Crippen molar-refractivity contribution in [2.24, 2.45) is 0 Å². The second-order valence-electron chi connectivity index (χ2n) is 4.64. The second kappa shape index (κ2) is 5.10. The molecule has 2 nitrogen and oxygen atoms in total. The number of likely N-dealkylation sites (N-methyl/N-ethyl adjacent to an activating group) is 1. The highest BCUT2D eigenvalue weighted by Gasteiger charge is 2.39. The van der Waals surface area contributed by atoms with Crippen LogP contribution in [-0.4, -0.2) is 17.9 Å². The van der Waals surface area contributed by atoms with Gasteiger partial charge in [0.2, 0.25) is 5.91 Å². The highest BCUT2D eigenvalue weighted by molar-refractivity contribution is 8.00. The fourth-order valence-corrected chi connectivity index (χ4v) is 3.80. The van der Waals surface area contributed by atoms with Crippen LogP contribution in [-0.2, 0) is 4.79 Å². The van der Waals surface area contributed by atoms with Gasteiger partial charge in [0.25, 0.3) is 0 Å². The van der Waals surface area contributed by atoms with Crippen molar-refractivity contribution < 1.29 is 4.79 Å². The summed E-state index contributed by atoms with van der Waals surface area (Å²) in [5, 5.41) is 0.0234. The Labute approximate surface area is 117 Å². The minimum Gasteiger partial charge on any atom is -0.328 e. The molecule has 1 fully saturated rings. The molecule has 2 atom stereocenters. The van der Waals surface area contributed by atoms with Gasteiger partial charge in [-0.2, -0.15) is 0 Å². The lowest BCUT2D eigenvalue weighted by Crippen LogP contribution is -2.24. The van der Waals surface area contributed by atoms with Crippen molar-refractivity contribution >= 4 is 17.7 Å². The monoisotopic (exact) mass is 269 g/mol. The molecule has 1 aliphatic heterocycles. The Morgan fingerprint density at radius 2 is 1.42 bits per heavy atom. The van der Waals surface area contributed by atoms with E-state index in [2.05, 4.69) is 12.1 Å². The third-order valence-corrected chi connectivity index (χ3v) is 4.97. The Bertz CT molecular complexity index is 570. The molecular formula is C16H15NOS. The van der Waals surface area contributed by atoms with Crippen molar-refractivity contribution in [1.82, 2.24) is 4.90 Å². The first kappa shape index (κ1) is 12.3. The number of hydrogen-bond acceptors (Lipinski definition) is 2. The number of thioether (sulfide) groups is 1. The van der Waals surface area contributed by atoms with Crippen LogP contribution in [0.4, 0.5) is 0 Å². The molecule has 1 saturated heterocycles. The largest absolute Gasteiger partial charge is 0.328 e. The highest BCUT2D eigenvalue weighted by Crippen LogP contribution is 2.49. The van der Waals surface area contributed by atoms with Crippen LogP contribution < -0.4 is 0 Å². The lowest BCUT2D eigenvalue weighted by molar-refractivity contribution is -0.128. The molecule has 19 heavy (non-hydrogen) atoms. The molecular weight excluding hydrogens is 254 g/mol. The summed E-state index contributed by atoms with van der Waals surface area (Å²) in [6.45, 7) is 0. The van der Waals surface area contributed by atoms with Crippen LogP contribution in [0.25, 0.3) is 0 Å². The summed E-state index contributed by atoms with van der Waals surface area (Å²) in [5.41, 5.74) is 2.27. The van der Waals surface area contributed by atoms with Crippen LogP contribution in [0.3, 0.4) is 0 Å². The summed E-state index contributed by atoms with van der Waals surface area (Å²) in [5.74, 6) is 0.185. The molecule has 0 saturated carbocycles. The molecule has 1 amide bonds. The minimum absolute atomic E-state index is 0.0867. The summed E-state index contributed by atoms with van der Waals surface area (Å²) >= 11 is 1.71. The van der Waals surface area contributed by atoms with Crippen LogP contribution in [0.1, 0.15) is 21.8 Å². The Morgan fingerprint density at radius 1 is 0.895 bits per heavy atom. The molecule has 0 unspecified atom stereocenters. The molecule has 0 radical (unpaired) electrons. The number of carbonyl (C=O) groups is 1. The number of carbonyl (C=O) groups excluding carboxylic acids is 1. The van der Waals surface area contributed by atoms with Crippen LogP contribution in [0.2, 0.25) is 0 Å². The van der Waals surface area contributed by atoms with E-state index in [1.165, 1.54) is 5.56 Å². The quantitative estimate of drug-likeness (QED) is 0.829. The molecule has 0 aliphatic carbocycles. The van der Waals surface area contributed by atoms with E-state index in [0.29, 0.717) is 0 Å². The average Bonchev–Trinajstić information content (AvgIpc) is 2.77. The van der Waals surface area contributed by atoms with E-state index in [1.807, 2.05) is 60.5 Å². The van der Waals surface area contributed by atoms with Gasteiger partial charge in [-0.1, -0.05) is 60.7 Å². The van der Waals surface area contributed by atoms with Crippen molar-refractivity contribution in [2.75, 3.05) is 7.05 Å². The molecule has 96 valence electrons. The zero-order chi connectivity index (χ0) is 13.2. The van der Waals surface area contributed by atoms with Gasteiger partial charge in [0, 0.05) is 7.05 Å². The highest BCUT2D eigenvalue weighted by atomic mass is 32.2. The second-order valence-corrected chi connectivity index (χ2v) is 5.83. The van der Waals surface area contributed by atoms with Crippen LogP contribution in [0.5, 0.6) is 0 Å². The first-order valence-corrected chi connectivity index (χ1v) is 7.23. The van der Waals surface area contributed by atoms with E-state index in [0.717, 1.165) is 5.56 Å². The molecule has 0 spiro atoms. The summed E-state index contributed by atoms with van der Waals surface area (Å²) in [7, 11) is 1.88. The van der Waals surface area contributed by atoms with E-state index in [-0.39, 0.29) is 16.5 Å². The molecule has 2 aromatic carbocycles. The first-order valence-electron chi connectivity index (χ1n) is 6.29. The predicted molar refractivity (Wildman–Crippen MR) is 78.7 cm³/mol. The van der Waals surface area contributed by atoms with E-state index >= 15 is 0 Å². The summed E-state index contributed by atoms with van der Waals surface area (Å²) in [6.07, 6.45) is 0. The van der Waals surface area contributed by atoms with Gasteiger partial charge >= 0.3 is 0 Å². The Balaban J connectivity index is 1.90. The molecule has 3 heteroatoms. The number of rotatable bonds is 2. The van der Waals surface area contributed by atoms with Gasteiger partial charge in [-0.25, -0.2) is 0 Å². The van der Waals surface area contributed by atoms with Gasteiger partial charge < -0.3 is 4.90 Å². The Hall–Kier alpha value is -1.74. The van der Waals surface area contributed by atoms with Gasteiger partial charge in [-0.05, 0) is 11.1 Å². The fraction of sp³-hybridized carbons (Fsp3) is 0.188. The third-order valence-electron chi connectivity index (χ3n) is 3.38. The Morgan fingerprint density at radius 3 is 2.00 bits per heavy atom. The molecule has 2 aromatic rings. The van der Waals surface area contributed by atoms with Crippen molar-refractivity contribution in [2.45, 2.75) is 10.6 Å². The molecule has 1 aliphatic rings. The number of amides is 1. The maximum absolute atomic E-state index is 12.4. The van der Waals surface area contributed by atoms with Crippen LogP contribution in [0, 0.1) is 0 Å². The molecule has 0 aromatic heterocycles. The Kier molecular flexibility index (Phi) is 3.30. The van der Waals surface area contributed by atoms with Gasteiger partial charge in [-0.3, -0.25) is 4.79 Å². The van der Waals surface area contributed by atoms with Crippen molar-refractivity contribution in [3.05, 3.63) is 71.8 Å². The van der Waals surface area contributed by atoms with Gasteiger partial charge in [0.15, 0.2) is 0 Å². The van der Waals surface area contributed by atoms with E-state index in [1.54, 1.807) is 11.8 Å². The minimum atomic E-state index is -0.0867. The average molecular weight is 269 g/mol. The molecule has 0 bridgehead atoms. The number of nitrogens with zero attached hydrogens (tertiary/aromatic N) is 1. The predicted octanol–water partition coefficient (Wildman–Crippen LogP) is 3.63. The van der Waals surface area contributed by atoms with E-state index in [9.17, 15) is 4.79 Å². The topological polar surface area (TPSA) is 20.3 Å².